The highest BCUT2D eigenvalue weighted by Gasteiger charge is 2.29. The van der Waals surface area contributed by atoms with Crippen LogP contribution in [0.3, 0.4) is 0 Å². The SMILES string of the molecule is Cc1ncc(-c2cccc(C(=O)Nc3ccc(OC(C)C4CC4)cc3)c2)cc1C(=O)O. The first-order valence-electron chi connectivity index (χ1n) is 10.3. The molecule has 0 aliphatic heterocycles. The van der Waals surface area contributed by atoms with Crippen molar-refractivity contribution in [1.82, 2.24) is 4.98 Å². The largest absolute Gasteiger partial charge is 0.490 e. The van der Waals surface area contributed by atoms with Crippen molar-refractivity contribution in [1.29, 1.82) is 0 Å². The number of carboxylic acid groups (broad SMARTS) is 1. The molecule has 6 heteroatoms. The molecular weight excluding hydrogens is 392 g/mol. The van der Waals surface area contributed by atoms with E-state index in [2.05, 4.69) is 17.2 Å². The molecule has 3 aromatic rings. The lowest BCUT2D eigenvalue weighted by atomic mass is 10.0. The number of nitrogens with zero attached hydrogens (tertiary/aromatic N) is 1. The summed E-state index contributed by atoms with van der Waals surface area (Å²) in [7, 11) is 0. The van der Waals surface area contributed by atoms with Gasteiger partial charge in [-0.2, -0.15) is 0 Å². The predicted octanol–water partition coefficient (Wildman–Crippen LogP) is 5.18. The number of carbonyl (C=O) groups excluding carboxylic acids is 1. The highest BCUT2D eigenvalue weighted by Crippen LogP contribution is 2.34. The fraction of sp³-hybridized carbons (Fsp3) is 0.240. The molecule has 1 atom stereocenters. The van der Waals surface area contributed by atoms with Crippen molar-refractivity contribution in [2.75, 3.05) is 5.32 Å². The molecular formula is C25H24N2O4. The molecule has 6 nitrogen and oxygen atoms in total. The molecule has 158 valence electrons. The summed E-state index contributed by atoms with van der Waals surface area (Å²) in [6.45, 7) is 3.74. The van der Waals surface area contributed by atoms with Crippen LogP contribution in [0.2, 0.25) is 0 Å². The quantitative estimate of drug-likeness (QED) is 0.554. The van der Waals surface area contributed by atoms with Crippen molar-refractivity contribution < 1.29 is 19.4 Å². The zero-order valence-electron chi connectivity index (χ0n) is 17.5. The van der Waals surface area contributed by atoms with Crippen LogP contribution in [-0.2, 0) is 0 Å². The number of rotatable bonds is 7. The lowest BCUT2D eigenvalue weighted by Gasteiger charge is -2.14. The molecule has 1 fully saturated rings. The van der Waals surface area contributed by atoms with Crippen molar-refractivity contribution in [3.63, 3.8) is 0 Å². The van der Waals surface area contributed by atoms with Gasteiger partial charge in [0.05, 0.1) is 17.4 Å². The van der Waals surface area contributed by atoms with Crippen LogP contribution in [0, 0.1) is 12.8 Å². The molecule has 1 amide bonds. The Kier molecular flexibility index (Phi) is 5.71. The summed E-state index contributed by atoms with van der Waals surface area (Å²) in [5.41, 5.74) is 3.10. The van der Waals surface area contributed by atoms with E-state index in [1.54, 1.807) is 37.4 Å². The monoisotopic (exact) mass is 416 g/mol. The summed E-state index contributed by atoms with van der Waals surface area (Å²) in [6.07, 6.45) is 4.27. The van der Waals surface area contributed by atoms with Crippen LogP contribution < -0.4 is 10.1 Å². The fourth-order valence-corrected chi connectivity index (χ4v) is 3.44. The van der Waals surface area contributed by atoms with E-state index in [1.807, 2.05) is 30.3 Å². The maximum atomic E-state index is 12.7. The Bertz CT molecular complexity index is 1120. The van der Waals surface area contributed by atoms with Gasteiger partial charge in [0.1, 0.15) is 5.75 Å². The van der Waals surface area contributed by atoms with Gasteiger partial charge in [0.25, 0.3) is 5.91 Å². The Morgan fingerprint density at radius 2 is 1.84 bits per heavy atom. The lowest BCUT2D eigenvalue weighted by Crippen LogP contribution is -2.14. The van der Waals surface area contributed by atoms with Crippen molar-refractivity contribution >= 4 is 17.6 Å². The van der Waals surface area contributed by atoms with Crippen molar-refractivity contribution in [3.05, 3.63) is 77.6 Å². The van der Waals surface area contributed by atoms with Crippen molar-refractivity contribution in [3.8, 4) is 16.9 Å². The zero-order valence-corrected chi connectivity index (χ0v) is 17.5. The minimum atomic E-state index is -1.03. The highest BCUT2D eigenvalue weighted by atomic mass is 16.5. The number of aryl methyl sites for hydroxylation is 1. The van der Waals surface area contributed by atoms with Gasteiger partial charge >= 0.3 is 5.97 Å². The maximum absolute atomic E-state index is 12.7. The van der Waals surface area contributed by atoms with E-state index in [4.69, 9.17) is 4.74 Å². The van der Waals surface area contributed by atoms with Gasteiger partial charge in [0.15, 0.2) is 0 Å². The number of pyridine rings is 1. The Labute approximate surface area is 180 Å². The predicted molar refractivity (Wildman–Crippen MR) is 119 cm³/mol. The van der Waals surface area contributed by atoms with Gasteiger partial charge < -0.3 is 15.2 Å². The van der Waals surface area contributed by atoms with E-state index in [1.165, 1.54) is 12.8 Å². The number of hydrogen-bond acceptors (Lipinski definition) is 4. The molecule has 0 radical (unpaired) electrons. The van der Waals surface area contributed by atoms with E-state index in [0.717, 1.165) is 11.3 Å². The number of nitrogens with one attached hydrogen (secondary N) is 1. The molecule has 31 heavy (non-hydrogen) atoms. The maximum Gasteiger partial charge on any atom is 0.337 e. The first-order chi connectivity index (χ1) is 14.9. The zero-order chi connectivity index (χ0) is 22.0. The molecule has 2 N–H and O–H groups in total. The molecule has 0 bridgehead atoms. The van der Waals surface area contributed by atoms with Crippen LogP contribution in [0.25, 0.3) is 11.1 Å². The number of ether oxygens (including phenoxy) is 1. The Morgan fingerprint density at radius 1 is 1.10 bits per heavy atom. The minimum absolute atomic E-state index is 0.144. The molecule has 1 aliphatic carbocycles. The third-order valence-electron chi connectivity index (χ3n) is 5.50. The standard InChI is InChI=1S/C25H24N2O4/c1-15-23(25(29)30)13-20(14-26-15)18-4-3-5-19(12-18)24(28)27-21-8-10-22(11-9-21)31-16(2)17-6-7-17/h3-5,8-14,16-17H,6-7H2,1-2H3,(H,27,28)(H,29,30). The van der Waals surface area contributed by atoms with Crippen LogP contribution in [0.5, 0.6) is 5.75 Å². The second-order valence-electron chi connectivity index (χ2n) is 7.88. The number of amides is 1. The van der Waals surface area contributed by atoms with Gasteiger partial charge in [-0.1, -0.05) is 12.1 Å². The van der Waals surface area contributed by atoms with Gasteiger partial charge in [0, 0.05) is 23.0 Å². The van der Waals surface area contributed by atoms with E-state index in [-0.39, 0.29) is 17.6 Å². The highest BCUT2D eigenvalue weighted by molar-refractivity contribution is 6.05. The average molecular weight is 416 g/mol. The van der Waals surface area contributed by atoms with E-state index >= 15 is 0 Å². The first-order valence-corrected chi connectivity index (χ1v) is 10.3. The molecule has 4 rings (SSSR count). The Balaban J connectivity index is 1.47. The van der Waals surface area contributed by atoms with Crippen molar-refractivity contribution in [2.45, 2.75) is 32.8 Å². The summed E-state index contributed by atoms with van der Waals surface area (Å²) in [4.78, 5) is 28.3. The number of carboxylic acids is 1. The summed E-state index contributed by atoms with van der Waals surface area (Å²) >= 11 is 0. The normalized spacial score (nSPS) is 14.0. The van der Waals surface area contributed by atoms with Gasteiger partial charge in [-0.25, -0.2) is 4.79 Å². The number of hydrogen-bond donors (Lipinski definition) is 2. The minimum Gasteiger partial charge on any atom is -0.490 e. The summed E-state index contributed by atoms with van der Waals surface area (Å²) in [5, 5.41) is 12.2. The van der Waals surface area contributed by atoms with E-state index in [9.17, 15) is 14.7 Å². The molecule has 1 aromatic heterocycles. The van der Waals surface area contributed by atoms with Crippen LogP contribution >= 0.6 is 0 Å². The molecule has 1 heterocycles. The Morgan fingerprint density at radius 3 is 2.52 bits per heavy atom. The number of aromatic carboxylic acids is 1. The van der Waals surface area contributed by atoms with Gasteiger partial charge in [0.2, 0.25) is 0 Å². The molecule has 1 unspecified atom stereocenters. The molecule has 0 saturated heterocycles. The number of anilines is 1. The lowest BCUT2D eigenvalue weighted by molar-refractivity contribution is 0.0695. The summed E-state index contributed by atoms with van der Waals surface area (Å²) in [5.74, 6) is 0.169. The smallest absolute Gasteiger partial charge is 0.337 e. The topological polar surface area (TPSA) is 88.5 Å². The fourth-order valence-electron chi connectivity index (χ4n) is 3.44. The third-order valence-corrected chi connectivity index (χ3v) is 5.50. The molecule has 1 saturated carbocycles. The molecule has 0 spiro atoms. The van der Waals surface area contributed by atoms with E-state index < -0.39 is 5.97 Å². The molecule has 1 aliphatic rings. The van der Waals surface area contributed by atoms with Crippen LogP contribution in [-0.4, -0.2) is 28.1 Å². The van der Waals surface area contributed by atoms with Gasteiger partial charge in [-0.15, -0.1) is 0 Å². The van der Waals surface area contributed by atoms with Gasteiger partial charge in [-0.3, -0.25) is 9.78 Å². The summed E-state index contributed by atoms with van der Waals surface area (Å²) in [6, 6.07) is 16.0. The van der Waals surface area contributed by atoms with Crippen LogP contribution in [0.15, 0.2) is 60.8 Å². The van der Waals surface area contributed by atoms with Crippen LogP contribution in [0.1, 0.15) is 46.2 Å². The Hall–Kier alpha value is -3.67. The number of aromatic nitrogens is 1. The second kappa shape index (κ2) is 8.60. The third kappa shape index (κ3) is 4.91. The van der Waals surface area contributed by atoms with Crippen molar-refractivity contribution in [2.24, 2.45) is 5.92 Å². The average Bonchev–Trinajstić information content (AvgIpc) is 3.61. The van der Waals surface area contributed by atoms with Gasteiger partial charge in [-0.05, 0) is 80.6 Å². The first kappa shape index (κ1) is 20.6. The summed E-state index contributed by atoms with van der Waals surface area (Å²) < 4.78 is 5.92. The molecule has 2 aromatic carbocycles. The van der Waals surface area contributed by atoms with Crippen LogP contribution in [0.4, 0.5) is 5.69 Å². The number of benzene rings is 2. The second-order valence-corrected chi connectivity index (χ2v) is 7.88. The van der Waals surface area contributed by atoms with E-state index in [0.29, 0.717) is 28.4 Å². The number of carbonyl (C=O) groups is 2.